The van der Waals surface area contributed by atoms with Gasteiger partial charge in [0.1, 0.15) is 0 Å². The topological polar surface area (TPSA) is 50.8 Å². The van der Waals surface area contributed by atoms with E-state index in [1.807, 2.05) is 23.1 Å². The van der Waals surface area contributed by atoms with Crippen LogP contribution in [-0.2, 0) is 6.42 Å². The van der Waals surface area contributed by atoms with Crippen LogP contribution in [0.5, 0.6) is 11.5 Å². The monoisotopic (exact) mass is 290 g/mol. The van der Waals surface area contributed by atoms with Crippen LogP contribution in [0.3, 0.4) is 0 Å². The van der Waals surface area contributed by atoms with Gasteiger partial charge in [0.25, 0.3) is 0 Å². The molecule has 2 aliphatic heterocycles. The molecule has 3 rings (SSSR count). The van der Waals surface area contributed by atoms with Crippen LogP contribution in [-0.4, -0.2) is 37.4 Å². The summed E-state index contributed by atoms with van der Waals surface area (Å²) in [5, 5.41) is 3.01. The molecule has 2 amide bonds. The number of fused-ring (bicyclic) bond motifs is 1. The van der Waals surface area contributed by atoms with E-state index in [4.69, 9.17) is 9.47 Å². The first kappa shape index (κ1) is 14.0. The second kappa shape index (κ2) is 6.70. The van der Waals surface area contributed by atoms with Gasteiger partial charge in [0.2, 0.25) is 6.79 Å². The van der Waals surface area contributed by atoms with E-state index in [0.29, 0.717) is 13.3 Å². The fourth-order valence-electron chi connectivity index (χ4n) is 2.80. The van der Waals surface area contributed by atoms with Crippen molar-refractivity contribution in [3.63, 3.8) is 0 Å². The molecule has 1 fully saturated rings. The predicted octanol–water partition coefficient (Wildman–Crippen LogP) is 2.54. The SMILES string of the molecule is O=C(NCCc1ccc2c(c1)OCO2)N1CCCCCC1. The maximum atomic E-state index is 12.1. The van der Waals surface area contributed by atoms with Crippen molar-refractivity contribution in [3.8, 4) is 11.5 Å². The lowest BCUT2D eigenvalue weighted by Crippen LogP contribution is -2.41. The van der Waals surface area contributed by atoms with Gasteiger partial charge >= 0.3 is 6.03 Å². The van der Waals surface area contributed by atoms with E-state index in [9.17, 15) is 4.79 Å². The van der Waals surface area contributed by atoms with E-state index in [-0.39, 0.29) is 6.03 Å². The third-order valence-corrected chi connectivity index (χ3v) is 4.02. The van der Waals surface area contributed by atoms with Gasteiger partial charge in [-0.15, -0.1) is 0 Å². The standard InChI is InChI=1S/C16H22N2O3/c19-16(18-9-3-1-2-4-10-18)17-8-7-13-5-6-14-15(11-13)21-12-20-14/h5-6,11H,1-4,7-10,12H2,(H,17,19). The first-order valence-electron chi connectivity index (χ1n) is 7.74. The van der Waals surface area contributed by atoms with E-state index in [1.54, 1.807) is 0 Å². The molecular formula is C16H22N2O3. The Morgan fingerprint density at radius 3 is 2.67 bits per heavy atom. The fraction of sp³-hybridized carbons (Fsp3) is 0.562. The summed E-state index contributed by atoms with van der Waals surface area (Å²) in [6.07, 6.45) is 5.52. The van der Waals surface area contributed by atoms with Gasteiger partial charge in [0.15, 0.2) is 11.5 Å². The highest BCUT2D eigenvalue weighted by Gasteiger charge is 2.15. The van der Waals surface area contributed by atoms with E-state index in [1.165, 1.54) is 12.8 Å². The summed E-state index contributed by atoms with van der Waals surface area (Å²) >= 11 is 0. The average molecular weight is 290 g/mol. The minimum absolute atomic E-state index is 0.0673. The van der Waals surface area contributed by atoms with Gasteiger partial charge in [-0.2, -0.15) is 0 Å². The minimum Gasteiger partial charge on any atom is -0.454 e. The van der Waals surface area contributed by atoms with Gasteiger partial charge in [0, 0.05) is 19.6 Å². The van der Waals surface area contributed by atoms with Gasteiger partial charge < -0.3 is 19.7 Å². The summed E-state index contributed by atoms with van der Waals surface area (Å²) < 4.78 is 10.6. The van der Waals surface area contributed by atoms with Gasteiger partial charge in [-0.3, -0.25) is 0 Å². The van der Waals surface area contributed by atoms with Gasteiger partial charge in [-0.05, 0) is 37.0 Å². The number of hydrogen-bond donors (Lipinski definition) is 1. The van der Waals surface area contributed by atoms with Gasteiger partial charge in [-0.25, -0.2) is 4.79 Å². The third kappa shape index (κ3) is 3.60. The molecule has 5 heteroatoms. The number of hydrogen-bond acceptors (Lipinski definition) is 3. The van der Waals surface area contributed by atoms with Crippen molar-refractivity contribution >= 4 is 6.03 Å². The molecule has 0 spiro atoms. The molecule has 1 aromatic carbocycles. The van der Waals surface area contributed by atoms with Crippen LogP contribution < -0.4 is 14.8 Å². The smallest absolute Gasteiger partial charge is 0.317 e. The van der Waals surface area contributed by atoms with Crippen molar-refractivity contribution in [1.82, 2.24) is 10.2 Å². The number of ether oxygens (including phenoxy) is 2. The molecule has 0 aromatic heterocycles. The molecule has 0 saturated carbocycles. The van der Waals surface area contributed by atoms with Crippen LogP contribution in [0, 0.1) is 0 Å². The van der Waals surface area contributed by atoms with Crippen LogP contribution in [0.1, 0.15) is 31.2 Å². The number of benzene rings is 1. The maximum Gasteiger partial charge on any atom is 0.317 e. The number of nitrogens with zero attached hydrogens (tertiary/aromatic N) is 1. The first-order chi connectivity index (χ1) is 10.3. The Balaban J connectivity index is 1.46. The minimum atomic E-state index is 0.0673. The average Bonchev–Trinajstić information content (AvgIpc) is 2.79. The van der Waals surface area contributed by atoms with E-state index in [0.717, 1.165) is 49.4 Å². The highest BCUT2D eigenvalue weighted by molar-refractivity contribution is 5.74. The number of likely N-dealkylation sites (tertiary alicyclic amines) is 1. The quantitative estimate of drug-likeness (QED) is 0.930. The number of nitrogens with one attached hydrogen (secondary N) is 1. The normalized spacial score (nSPS) is 17.4. The summed E-state index contributed by atoms with van der Waals surface area (Å²) in [6.45, 7) is 2.71. The lowest BCUT2D eigenvalue weighted by atomic mass is 10.1. The molecule has 0 radical (unpaired) electrons. The fourth-order valence-corrected chi connectivity index (χ4v) is 2.80. The van der Waals surface area contributed by atoms with E-state index < -0.39 is 0 Å². The van der Waals surface area contributed by atoms with Crippen LogP contribution >= 0.6 is 0 Å². The van der Waals surface area contributed by atoms with E-state index >= 15 is 0 Å². The zero-order chi connectivity index (χ0) is 14.5. The van der Waals surface area contributed by atoms with Crippen molar-refractivity contribution in [3.05, 3.63) is 23.8 Å². The summed E-state index contributed by atoms with van der Waals surface area (Å²) in [7, 11) is 0. The Morgan fingerprint density at radius 2 is 1.86 bits per heavy atom. The number of urea groups is 1. The second-order valence-corrected chi connectivity index (χ2v) is 5.57. The van der Waals surface area contributed by atoms with Crippen LogP contribution in [0.15, 0.2) is 18.2 Å². The predicted molar refractivity (Wildman–Crippen MR) is 79.7 cm³/mol. The first-order valence-corrected chi connectivity index (χ1v) is 7.74. The Kier molecular flexibility index (Phi) is 4.48. The summed E-state index contributed by atoms with van der Waals surface area (Å²) in [5.41, 5.74) is 1.15. The molecule has 0 unspecified atom stereocenters. The van der Waals surface area contributed by atoms with Crippen LogP contribution in [0.25, 0.3) is 0 Å². The molecule has 114 valence electrons. The summed E-state index contributed by atoms with van der Waals surface area (Å²) in [6, 6.07) is 6.00. The zero-order valence-electron chi connectivity index (χ0n) is 12.3. The molecule has 1 N–H and O–H groups in total. The molecule has 0 bridgehead atoms. The van der Waals surface area contributed by atoms with Crippen molar-refractivity contribution in [2.45, 2.75) is 32.1 Å². The van der Waals surface area contributed by atoms with Crippen molar-refractivity contribution < 1.29 is 14.3 Å². The second-order valence-electron chi connectivity index (χ2n) is 5.57. The molecule has 1 aromatic rings. The summed E-state index contributed by atoms with van der Waals surface area (Å²) in [4.78, 5) is 14.0. The lowest BCUT2D eigenvalue weighted by molar-refractivity contribution is 0.174. The van der Waals surface area contributed by atoms with E-state index in [2.05, 4.69) is 5.32 Å². The summed E-state index contributed by atoms with van der Waals surface area (Å²) in [5.74, 6) is 1.60. The number of carbonyl (C=O) groups excluding carboxylic acids is 1. The molecule has 0 atom stereocenters. The van der Waals surface area contributed by atoms with Crippen molar-refractivity contribution in [1.29, 1.82) is 0 Å². The lowest BCUT2D eigenvalue weighted by Gasteiger charge is -2.20. The molecule has 21 heavy (non-hydrogen) atoms. The van der Waals surface area contributed by atoms with Gasteiger partial charge in [0.05, 0.1) is 0 Å². The number of carbonyl (C=O) groups is 1. The number of amides is 2. The Hall–Kier alpha value is -1.91. The highest BCUT2D eigenvalue weighted by Crippen LogP contribution is 2.32. The molecular weight excluding hydrogens is 268 g/mol. The number of rotatable bonds is 3. The Morgan fingerprint density at radius 1 is 1.10 bits per heavy atom. The van der Waals surface area contributed by atoms with Crippen molar-refractivity contribution in [2.75, 3.05) is 26.4 Å². The third-order valence-electron chi connectivity index (χ3n) is 4.02. The Labute approximate surface area is 125 Å². The molecule has 2 aliphatic rings. The molecule has 1 saturated heterocycles. The molecule has 5 nitrogen and oxygen atoms in total. The van der Waals surface area contributed by atoms with Gasteiger partial charge in [-0.1, -0.05) is 18.9 Å². The van der Waals surface area contributed by atoms with Crippen LogP contribution in [0.4, 0.5) is 4.79 Å². The molecule has 2 heterocycles. The van der Waals surface area contributed by atoms with Crippen LogP contribution in [0.2, 0.25) is 0 Å². The Bertz CT molecular complexity index is 496. The largest absolute Gasteiger partial charge is 0.454 e. The zero-order valence-corrected chi connectivity index (χ0v) is 12.3. The van der Waals surface area contributed by atoms with Crippen molar-refractivity contribution in [2.24, 2.45) is 0 Å². The maximum absolute atomic E-state index is 12.1. The highest BCUT2D eigenvalue weighted by atomic mass is 16.7. The molecule has 0 aliphatic carbocycles.